The highest BCUT2D eigenvalue weighted by atomic mass is 32.2. The standard InChI is InChI=1S/C9H6N4O2S3/c14-18(15,13-9-10-4-5-16-9)7-3-1-2-6-8(7)12-17-11-6/h1-5H,(H,10,13). The summed E-state index contributed by atoms with van der Waals surface area (Å²) in [6.07, 6.45) is 1.54. The molecule has 0 amide bonds. The molecule has 0 fully saturated rings. The summed E-state index contributed by atoms with van der Waals surface area (Å²) in [4.78, 5) is 4.00. The number of hydrogen-bond acceptors (Lipinski definition) is 7. The van der Waals surface area contributed by atoms with Gasteiger partial charge >= 0.3 is 0 Å². The van der Waals surface area contributed by atoms with Crippen LogP contribution >= 0.6 is 23.1 Å². The Morgan fingerprint density at radius 1 is 1.22 bits per heavy atom. The summed E-state index contributed by atoms with van der Waals surface area (Å²) in [6, 6.07) is 4.86. The molecule has 0 aliphatic carbocycles. The van der Waals surface area contributed by atoms with Crippen molar-refractivity contribution in [3.63, 3.8) is 0 Å². The van der Waals surface area contributed by atoms with Gasteiger partial charge in [0.25, 0.3) is 10.0 Å². The third kappa shape index (κ3) is 1.96. The Bertz CT molecular complexity index is 779. The molecule has 0 spiro atoms. The van der Waals surface area contributed by atoms with Crippen LogP contribution in [0, 0.1) is 0 Å². The van der Waals surface area contributed by atoms with Gasteiger partial charge in [-0.3, -0.25) is 4.72 Å². The van der Waals surface area contributed by atoms with Crippen LogP contribution in [0.2, 0.25) is 0 Å². The quantitative estimate of drug-likeness (QED) is 0.799. The van der Waals surface area contributed by atoms with Crippen molar-refractivity contribution >= 4 is 49.3 Å². The Kier molecular flexibility index (Phi) is 2.73. The fraction of sp³-hybridized carbons (Fsp3) is 0. The number of thiazole rings is 1. The molecule has 92 valence electrons. The Morgan fingerprint density at radius 3 is 2.89 bits per heavy atom. The van der Waals surface area contributed by atoms with E-state index < -0.39 is 10.0 Å². The van der Waals surface area contributed by atoms with Crippen molar-refractivity contribution in [2.24, 2.45) is 0 Å². The zero-order valence-electron chi connectivity index (χ0n) is 8.77. The third-order valence-corrected chi connectivity index (χ3v) is 4.92. The molecule has 0 radical (unpaired) electrons. The lowest BCUT2D eigenvalue weighted by Gasteiger charge is -2.04. The van der Waals surface area contributed by atoms with Crippen LogP contribution in [0.3, 0.4) is 0 Å². The second kappa shape index (κ2) is 4.26. The van der Waals surface area contributed by atoms with Gasteiger partial charge in [-0.05, 0) is 12.1 Å². The lowest BCUT2D eigenvalue weighted by atomic mass is 10.3. The van der Waals surface area contributed by atoms with E-state index in [1.165, 1.54) is 23.6 Å². The highest BCUT2D eigenvalue weighted by Gasteiger charge is 2.20. The average molecular weight is 298 g/mol. The predicted octanol–water partition coefficient (Wildman–Crippen LogP) is 1.95. The van der Waals surface area contributed by atoms with E-state index in [1.807, 2.05) is 0 Å². The zero-order chi connectivity index (χ0) is 12.6. The van der Waals surface area contributed by atoms with E-state index in [1.54, 1.807) is 17.5 Å². The second-order valence-corrected chi connectivity index (χ2v) is 6.40. The Balaban J connectivity index is 2.11. The Morgan fingerprint density at radius 2 is 2.11 bits per heavy atom. The molecule has 9 heteroatoms. The molecule has 0 bridgehead atoms. The smallest absolute Gasteiger partial charge is 0.255 e. The minimum atomic E-state index is -3.68. The average Bonchev–Trinajstić information content (AvgIpc) is 2.97. The van der Waals surface area contributed by atoms with E-state index in [0.717, 1.165) is 11.7 Å². The second-order valence-electron chi connectivity index (χ2n) is 3.33. The van der Waals surface area contributed by atoms with Gasteiger partial charge in [0.1, 0.15) is 15.9 Å². The number of sulfonamides is 1. The maximum absolute atomic E-state index is 12.2. The van der Waals surface area contributed by atoms with Gasteiger partial charge < -0.3 is 0 Å². The van der Waals surface area contributed by atoms with Crippen LogP contribution in [0.1, 0.15) is 0 Å². The molecule has 6 nitrogen and oxygen atoms in total. The van der Waals surface area contributed by atoms with E-state index in [9.17, 15) is 8.42 Å². The highest BCUT2D eigenvalue weighted by Crippen LogP contribution is 2.24. The molecule has 0 saturated heterocycles. The van der Waals surface area contributed by atoms with Crippen LogP contribution in [0.5, 0.6) is 0 Å². The maximum atomic E-state index is 12.2. The number of benzene rings is 1. The number of rotatable bonds is 3. The molecule has 2 aromatic heterocycles. The molecule has 0 atom stereocenters. The zero-order valence-corrected chi connectivity index (χ0v) is 11.2. The van der Waals surface area contributed by atoms with Gasteiger partial charge in [-0.1, -0.05) is 6.07 Å². The fourth-order valence-electron chi connectivity index (χ4n) is 1.44. The van der Waals surface area contributed by atoms with E-state index in [0.29, 0.717) is 16.2 Å². The van der Waals surface area contributed by atoms with Crippen LogP contribution in [-0.4, -0.2) is 22.1 Å². The van der Waals surface area contributed by atoms with Crippen LogP contribution in [0.15, 0.2) is 34.7 Å². The molecular weight excluding hydrogens is 292 g/mol. The molecular formula is C9H6N4O2S3. The summed E-state index contributed by atoms with van der Waals surface area (Å²) < 4.78 is 34.8. The van der Waals surface area contributed by atoms with Gasteiger partial charge in [-0.2, -0.15) is 8.75 Å². The number of fused-ring (bicyclic) bond motifs is 1. The monoisotopic (exact) mass is 298 g/mol. The number of nitrogens with zero attached hydrogens (tertiary/aromatic N) is 3. The van der Waals surface area contributed by atoms with Crippen LogP contribution in [0.4, 0.5) is 5.13 Å². The van der Waals surface area contributed by atoms with Gasteiger partial charge in [-0.25, -0.2) is 13.4 Å². The Hall–Kier alpha value is -1.58. The minimum absolute atomic E-state index is 0.115. The molecule has 0 unspecified atom stereocenters. The highest BCUT2D eigenvalue weighted by molar-refractivity contribution is 7.93. The summed E-state index contributed by atoms with van der Waals surface area (Å²) in [5.41, 5.74) is 0.952. The van der Waals surface area contributed by atoms with Gasteiger partial charge in [0.15, 0.2) is 5.13 Å². The SMILES string of the molecule is O=S(=O)(Nc1nccs1)c1cccc2nsnc12. The lowest BCUT2D eigenvalue weighted by Crippen LogP contribution is -2.13. The first-order valence-electron chi connectivity index (χ1n) is 4.80. The number of nitrogens with one attached hydrogen (secondary N) is 1. The molecule has 1 N–H and O–H groups in total. The largest absolute Gasteiger partial charge is 0.265 e. The molecule has 18 heavy (non-hydrogen) atoms. The van der Waals surface area contributed by atoms with Crippen molar-refractivity contribution in [1.29, 1.82) is 0 Å². The van der Waals surface area contributed by atoms with E-state index in [4.69, 9.17) is 0 Å². The van der Waals surface area contributed by atoms with E-state index >= 15 is 0 Å². The van der Waals surface area contributed by atoms with Crippen molar-refractivity contribution in [2.45, 2.75) is 4.90 Å². The molecule has 1 aromatic carbocycles. The van der Waals surface area contributed by atoms with Crippen molar-refractivity contribution in [3.05, 3.63) is 29.8 Å². The van der Waals surface area contributed by atoms with Crippen molar-refractivity contribution < 1.29 is 8.42 Å². The molecule has 0 aliphatic heterocycles. The van der Waals surface area contributed by atoms with Crippen LogP contribution in [0.25, 0.3) is 11.0 Å². The molecule has 3 rings (SSSR count). The van der Waals surface area contributed by atoms with Crippen LogP contribution < -0.4 is 4.72 Å². The fourth-order valence-corrected chi connectivity index (χ4v) is 4.00. The van der Waals surface area contributed by atoms with Gasteiger partial charge in [0.05, 0.1) is 11.7 Å². The van der Waals surface area contributed by atoms with Gasteiger partial charge in [-0.15, -0.1) is 11.3 Å². The van der Waals surface area contributed by atoms with Crippen molar-refractivity contribution in [2.75, 3.05) is 4.72 Å². The van der Waals surface area contributed by atoms with Crippen molar-refractivity contribution in [1.82, 2.24) is 13.7 Å². The number of aromatic nitrogens is 3. The number of hydrogen-bond donors (Lipinski definition) is 1. The van der Waals surface area contributed by atoms with Gasteiger partial charge in [0.2, 0.25) is 0 Å². The Labute approximate surface area is 111 Å². The topological polar surface area (TPSA) is 84.8 Å². The van der Waals surface area contributed by atoms with E-state index in [2.05, 4.69) is 18.5 Å². The summed E-state index contributed by atoms with van der Waals surface area (Å²) in [5, 5.41) is 2.03. The summed E-state index contributed by atoms with van der Waals surface area (Å²) in [7, 11) is -3.68. The number of anilines is 1. The first kappa shape index (κ1) is 11.5. The normalized spacial score (nSPS) is 11.8. The summed E-state index contributed by atoms with van der Waals surface area (Å²) in [5.74, 6) is 0. The molecule has 0 saturated carbocycles. The summed E-state index contributed by atoms with van der Waals surface area (Å²) >= 11 is 2.20. The van der Waals surface area contributed by atoms with E-state index in [-0.39, 0.29) is 4.90 Å². The maximum Gasteiger partial charge on any atom is 0.265 e. The first-order valence-corrected chi connectivity index (χ1v) is 7.90. The lowest BCUT2D eigenvalue weighted by molar-refractivity contribution is 0.602. The first-order chi connectivity index (χ1) is 8.67. The predicted molar refractivity (Wildman–Crippen MR) is 70.3 cm³/mol. The molecule has 2 heterocycles. The van der Waals surface area contributed by atoms with Crippen molar-refractivity contribution in [3.8, 4) is 0 Å². The molecule has 3 aromatic rings. The minimum Gasteiger partial charge on any atom is -0.255 e. The van der Waals surface area contributed by atoms with Crippen LogP contribution in [-0.2, 0) is 10.0 Å². The van der Waals surface area contributed by atoms with Gasteiger partial charge in [0, 0.05) is 11.6 Å². The summed E-state index contributed by atoms with van der Waals surface area (Å²) in [6.45, 7) is 0. The molecule has 0 aliphatic rings. The third-order valence-electron chi connectivity index (χ3n) is 2.19.